The Labute approximate surface area is 177 Å². The smallest absolute Gasteiger partial charge is 0.417 e. The fourth-order valence-corrected chi connectivity index (χ4v) is 5.22. The molecule has 31 heavy (non-hydrogen) atoms. The maximum absolute atomic E-state index is 13.2. The van der Waals surface area contributed by atoms with E-state index in [0.29, 0.717) is 24.7 Å². The van der Waals surface area contributed by atoms with E-state index >= 15 is 0 Å². The number of hydrogen-bond acceptors (Lipinski definition) is 5. The van der Waals surface area contributed by atoms with Gasteiger partial charge in [-0.25, -0.2) is 9.71 Å². The number of hydrogen-bond donors (Lipinski definition) is 1. The minimum absolute atomic E-state index is 0.0726. The van der Waals surface area contributed by atoms with E-state index in [1.54, 1.807) is 18.2 Å². The highest BCUT2D eigenvalue weighted by molar-refractivity contribution is 7.91. The number of benzene rings is 1. The monoisotopic (exact) mass is 455 g/mol. The fourth-order valence-electron chi connectivity index (χ4n) is 3.88. The maximum Gasteiger partial charge on any atom is 0.417 e. The number of alkyl halides is 3. The summed E-state index contributed by atoms with van der Waals surface area (Å²) in [7, 11) is -3.02. The van der Waals surface area contributed by atoms with Crippen LogP contribution in [-0.2, 0) is 33.0 Å². The highest BCUT2D eigenvalue weighted by Crippen LogP contribution is 2.52. The minimum atomic E-state index is -4.66. The molecule has 0 spiro atoms. The number of amides is 1. The normalized spacial score (nSPS) is 17.6. The Balaban J connectivity index is 1.65. The summed E-state index contributed by atoms with van der Waals surface area (Å²) in [5, 5.41) is 0. The van der Waals surface area contributed by atoms with Gasteiger partial charge in [0.1, 0.15) is 0 Å². The summed E-state index contributed by atoms with van der Waals surface area (Å²) >= 11 is 0. The molecule has 7 nitrogen and oxygen atoms in total. The van der Waals surface area contributed by atoms with E-state index in [4.69, 9.17) is 4.74 Å². The average Bonchev–Trinajstić information content (AvgIpc) is 3.54. The Morgan fingerprint density at radius 1 is 1.26 bits per heavy atom. The predicted molar refractivity (Wildman–Crippen MR) is 106 cm³/mol. The number of methoxy groups -OCH3 is 1. The van der Waals surface area contributed by atoms with E-state index < -0.39 is 33.3 Å². The molecule has 4 rings (SSSR count). The molecule has 1 N–H and O–H groups in total. The SMILES string of the molecule is COc1ncc(C(F)(F)F)cc1C1(C(=O)NS(=O)(=O)N2CCCc3ccccc32)CC1. The topological polar surface area (TPSA) is 88.6 Å². The summed E-state index contributed by atoms with van der Waals surface area (Å²) in [5.74, 6) is -1.03. The molecule has 0 unspecified atom stereocenters. The van der Waals surface area contributed by atoms with Crippen LogP contribution in [0.4, 0.5) is 18.9 Å². The Morgan fingerprint density at radius 2 is 1.97 bits per heavy atom. The van der Waals surface area contributed by atoms with Crippen LogP contribution in [0.5, 0.6) is 5.88 Å². The van der Waals surface area contributed by atoms with Gasteiger partial charge < -0.3 is 4.74 Å². The van der Waals surface area contributed by atoms with E-state index in [1.165, 1.54) is 7.11 Å². The number of rotatable bonds is 5. The number of carbonyl (C=O) groups is 1. The Hall–Kier alpha value is -2.82. The van der Waals surface area contributed by atoms with Crippen molar-refractivity contribution in [1.82, 2.24) is 9.71 Å². The van der Waals surface area contributed by atoms with Crippen LogP contribution in [0.1, 0.15) is 36.0 Å². The molecule has 0 atom stereocenters. The molecule has 1 amide bonds. The van der Waals surface area contributed by atoms with Crippen molar-refractivity contribution in [3.05, 3.63) is 53.2 Å². The van der Waals surface area contributed by atoms with Crippen molar-refractivity contribution in [2.24, 2.45) is 0 Å². The van der Waals surface area contributed by atoms with Crippen molar-refractivity contribution in [2.45, 2.75) is 37.3 Å². The predicted octanol–water partition coefficient (Wildman–Crippen LogP) is 2.95. The molecular weight excluding hydrogens is 435 g/mol. The summed E-state index contributed by atoms with van der Waals surface area (Å²) < 4.78 is 73.8. The number of ether oxygens (including phenoxy) is 1. The first-order valence-corrected chi connectivity index (χ1v) is 11.1. The van der Waals surface area contributed by atoms with Gasteiger partial charge in [0.25, 0.3) is 0 Å². The third-order valence-corrected chi connectivity index (χ3v) is 7.05. The van der Waals surface area contributed by atoms with Crippen molar-refractivity contribution in [2.75, 3.05) is 18.0 Å². The van der Waals surface area contributed by atoms with Gasteiger partial charge in [0.15, 0.2) is 0 Å². The van der Waals surface area contributed by atoms with Crippen LogP contribution >= 0.6 is 0 Å². The maximum atomic E-state index is 13.2. The number of pyridine rings is 1. The second-order valence-electron chi connectivity index (χ2n) is 7.60. The molecule has 1 aromatic heterocycles. The summed E-state index contributed by atoms with van der Waals surface area (Å²) in [6.07, 6.45) is -2.37. The fraction of sp³-hybridized carbons (Fsp3) is 0.400. The number of halogens is 3. The number of fused-ring (bicyclic) bond motifs is 1. The van der Waals surface area contributed by atoms with Gasteiger partial charge in [-0.3, -0.25) is 9.10 Å². The first kappa shape index (κ1) is 21.4. The summed E-state index contributed by atoms with van der Waals surface area (Å²) in [4.78, 5) is 16.7. The van der Waals surface area contributed by atoms with Crippen molar-refractivity contribution in [3.63, 3.8) is 0 Å². The zero-order chi connectivity index (χ0) is 22.4. The number of nitrogens with zero attached hydrogens (tertiary/aromatic N) is 2. The van der Waals surface area contributed by atoms with Gasteiger partial charge >= 0.3 is 16.4 Å². The Morgan fingerprint density at radius 3 is 2.61 bits per heavy atom. The van der Waals surface area contributed by atoms with E-state index in [2.05, 4.69) is 9.71 Å². The summed E-state index contributed by atoms with van der Waals surface area (Å²) in [5.41, 5.74) is -1.22. The quantitative estimate of drug-likeness (QED) is 0.749. The molecule has 166 valence electrons. The van der Waals surface area contributed by atoms with Gasteiger partial charge in [-0.15, -0.1) is 0 Å². The summed E-state index contributed by atoms with van der Waals surface area (Å²) in [6, 6.07) is 7.79. The number of anilines is 1. The molecule has 2 heterocycles. The van der Waals surface area contributed by atoms with Crippen molar-refractivity contribution in [3.8, 4) is 5.88 Å². The molecule has 1 aromatic carbocycles. The van der Waals surface area contributed by atoms with Crippen molar-refractivity contribution < 1.29 is 31.1 Å². The van der Waals surface area contributed by atoms with Crippen LogP contribution in [0, 0.1) is 0 Å². The standard InChI is InChI=1S/C20H20F3N3O4S/c1-30-17-15(11-14(12-24-17)20(21,22)23)19(8-9-19)18(27)25-31(28,29)26-10-4-6-13-5-2-3-7-16(13)26/h2-3,5,7,11-12H,4,6,8-10H2,1H3,(H,25,27). The third kappa shape index (κ3) is 3.82. The Kier molecular flexibility index (Phi) is 5.11. The lowest BCUT2D eigenvalue weighted by Gasteiger charge is -2.31. The van der Waals surface area contributed by atoms with Gasteiger partial charge in [-0.05, 0) is 43.4 Å². The van der Waals surface area contributed by atoms with E-state index in [1.807, 2.05) is 6.07 Å². The van der Waals surface area contributed by atoms with E-state index in [9.17, 15) is 26.4 Å². The third-order valence-electron chi connectivity index (χ3n) is 5.65. The molecule has 1 fully saturated rings. The molecule has 0 radical (unpaired) electrons. The molecular formula is C20H20F3N3O4S. The second kappa shape index (κ2) is 7.40. The van der Waals surface area contributed by atoms with Gasteiger partial charge in [0, 0.05) is 18.3 Å². The number of aromatic nitrogens is 1. The first-order valence-electron chi connectivity index (χ1n) is 9.63. The molecule has 0 bridgehead atoms. The zero-order valence-corrected chi connectivity index (χ0v) is 17.4. The average molecular weight is 455 g/mol. The number of nitrogens with one attached hydrogen (secondary N) is 1. The second-order valence-corrected chi connectivity index (χ2v) is 9.20. The first-order chi connectivity index (χ1) is 14.6. The number of carbonyl (C=O) groups excluding carboxylic acids is 1. The highest BCUT2D eigenvalue weighted by Gasteiger charge is 2.55. The van der Waals surface area contributed by atoms with Crippen molar-refractivity contribution in [1.29, 1.82) is 0 Å². The van der Waals surface area contributed by atoms with Crippen LogP contribution in [-0.4, -0.2) is 33.0 Å². The van der Waals surface area contributed by atoms with E-state index in [0.717, 1.165) is 15.9 Å². The molecule has 0 saturated heterocycles. The Bertz CT molecular complexity index is 1130. The minimum Gasteiger partial charge on any atom is -0.481 e. The molecule has 2 aliphatic rings. The molecule has 1 saturated carbocycles. The summed E-state index contributed by atoms with van der Waals surface area (Å²) in [6.45, 7) is 0.195. The van der Waals surface area contributed by atoms with Crippen molar-refractivity contribution >= 4 is 21.8 Å². The van der Waals surface area contributed by atoms with Gasteiger partial charge in [-0.2, -0.15) is 21.6 Å². The highest BCUT2D eigenvalue weighted by atomic mass is 32.2. The van der Waals surface area contributed by atoms with Gasteiger partial charge in [-0.1, -0.05) is 18.2 Å². The molecule has 1 aliphatic heterocycles. The van der Waals surface area contributed by atoms with E-state index in [-0.39, 0.29) is 30.8 Å². The molecule has 1 aliphatic carbocycles. The van der Waals surface area contributed by atoms with Crippen LogP contribution in [0.15, 0.2) is 36.5 Å². The lowest BCUT2D eigenvalue weighted by atomic mass is 9.95. The lowest BCUT2D eigenvalue weighted by Crippen LogP contribution is -2.48. The van der Waals surface area contributed by atoms with Crippen LogP contribution < -0.4 is 13.8 Å². The van der Waals surface area contributed by atoms with Gasteiger partial charge in [0.05, 0.1) is 23.8 Å². The molecule has 2 aromatic rings. The number of para-hydroxylation sites is 1. The van der Waals surface area contributed by atoms with Crippen LogP contribution in [0.2, 0.25) is 0 Å². The molecule has 11 heteroatoms. The lowest BCUT2D eigenvalue weighted by molar-refractivity contribution is -0.138. The van der Waals surface area contributed by atoms with Crippen LogP contribution in [0.25, 0.3) is 0 Å². The zero-order valence-electron chi connectivity index (χ0n) is 16.6. The number of aryl methyl sites for hydroxylation is 1. The largest absolute Gasteiger partial charge is 0.481 e. The van der Waals surface area contributed by atoms with Gasteiger partial charge in [0.2, 0.25) is 11.8 Å². The van der Waals surface area contributed by atoms with Crippen LogP contribution in [0.3, 0.4) is 0 Å².